The lowest BCUT2D eigenvalue weighted by molar-refractivity contribution is 0.0943. The van der Waals surface area contributed by atoms with Crippen molar-refractivity contribution in [3.05, 3.63) is 53.2 Å². The van der Waals surface area contributed by atoms with Gasteiger partial charge in [0.1, 0.15) is 10.7 Å². The first-order chi connectivity index (χ1) is 12.7. The molecule has 0 spiro atoms. The van der Waals surface area contributed by atoms with Gasteiger partial charge in [-0.15, -0.1) is 21.5 Å². The van der Waals surface area contributed by atoms with Gasteiger partial charge in [-0.25, -0.2) is 4.98 Å². The number of carbonyl (C=O) groups is 1. The number of thiazole rings is 1. The van der Waals surface area contributed by atoms with Crippen molar-refractivity contribution in [1.82, 2.24) is 25.1 Å². The quantitative estimate of drug-likeness (QED) is 0.584. The van der Waals surface area contributed by atoms with Gasteiger partial charge in [0.15, 0.2) is 0 Å². The lowest BCUT2D eigenvalue weighted by atomic mass is 10.2. The summed E-state index contributed by atoms with van der Waals surface area (Å²) in [5.41, 5.74) is 2.57. The average molecular weight is 367 g/mol. The molecule has 0 aliphatic rings. The van der Waals surface area contributed by atoms with Crippen molar-refractivity contribution in [2.24, 2.45) is 0 Å². The fraction of sp³-hybridized carbons (Fsp3) is 0.222. The summed E-state index contributed by atoms with van der Waals surface area (Å²) in [6.45, 7) is 4.82. The van der Waals surface area contributed by atoms with E-state index in [0.717, 1.165) is 28.1 Å². The van der Waals surface area contributed by atoms with E-state index in [-0.39, 0.29) is 12.5 Å². The van der Waals surface area contributed by atoms with Crippen LogP contribution in [-0.4, -0.2) is 25.7 Å². The zero-order valence-corrected chi connectivity index (χ0v) is 15.2. The van der Waals surface area contributed by atoms with E-state index in [1.807, 2.05) is 12.1 Å². The standard InChI is InChI=1S/C18H17N5O2S/c1-3-23-14-7-5-4-6-12(14)8-15(23)18-20-13(10-26-18)17(24)19-9-16-22-21-11(2)25-16/h4-8,10H,3,9H2,1-2H3,(H,19,24). The Morgan fingerprint density at radius 1 is 1.31 bits per heavy atom. The van der Waals surface area contributed by atoms with Crippen LogP contribution in [0.15, 0.2) is 40.1 Å². The molecule has 0 unspecified atom stereocenters. The molecule has 0 atom stereocenters. The summed E-state index contributed by atoms with van der Waals surface area (Å²) in [5, 5.41) is 14.1. The minimum Gasteiger partial charge on any atom is -0.424 e. The highest BCUT2D eigenvalue weighted by molar-refractivity contribution is 7.13. The first-order valence-corrected chi connectivity index (χ1v) is 9.15. The fourth-order valence-corrected chi connectivity index (χ4v) is 3.70. The summed E-state index contributed by atoms with van der Waals surface area (Å²) >= 11 is 1.46. The van der Waals surface area contributed by atoms with Crippen LogP contribution in [0.1, 0.15) is 29.2 Å². The van der Waals surface area contributed by atoms with Gasteiger partial charge in [0.25, 0.3) is 5.91 Å². The molecule has 1 aromatic carbocycles. The van der Waals surface area contributed by atoms with Crippen LogP contribution in [0.4, 0.5) is 0 Å². The van der Waals surface area contributed by atoms with Crippen molar-refractivity contribution >= 4 is 28.1 Å². The number of fused-ring (bicyclic) bond motifs is 1. The molecular weight excluding hydrogens is 350 g/mol. The van der Waals surface area contributed by atoms with Crippen LogP contribution >= 0.6 is 11.3 Å². The molecule has 0 saturated heterocycles. The van der Waals surface area contributed by atoms with Crippen LogP contribution in [0, 0.1) is 6.92 Å². The topological polar surface area (TPSA) is 85.8 Å². The minimum absolute atomic E-state index is 0.182. The molecule has 26 heavy (non-hydrogen) atoms. The van der Waals surface area contributed by atoms with E-state index in [2.05, 4.69) is 50.2 Å². The van der Waals surface area contributed by atoms with E-state index in [0.29, 0.717) is 17.5 Å². The molecule has 132 valence electrons. The maximum atomic E-state index is 12.3. The molecule has 4 rings (SSSR count). The average Bonchev–Trinajstić information content (AvgIpc) is 3.37. The van der Waals surface area contributed by atoms with E-state index >= 15 is 0 Å². The third-order valence-electron chi connectivity index (χ3n) is 4.05. The van der Waals surface area contributed by atoms with Crippen LogP contribution in [-0.2, 0) is 13.1 Å². The Balaban J connectivity index is 1.57. The van der Waals surface area contributed by atoms with Crippen LogP contribution in [0.2, 0.25) is 0 Å². The summed E-state index contributed by atoms with van der Waals surface area (Å²) in [4.78, 5) is 16.9. The van der Waals surface area contributed by atoms with E-state index in [1.165, 1.54) is 11.3 Å². The van der Waals surface area contributed by atoms with Crippen molar-refractivity contribution in [2.75, 3.05) is 0 Å². The zero-order chi connectivity index (χ0) is 18.1. The summed E-state index contributed by atoms with van der Waals surface area (Å²) in [7, 11) is 0. The van der Waals surface area contributed by atoms with Gasteiger partial charge in [0, 0.05) is 29.8 Å². The molecule has 0 aliphatic heterocycles. The number of nitrogens with zero attached hydrogens (tertiary/aromatic N) is 4. The second kappa shape index (κ2) is 6.72. The number of carbonyl (C=O) groups excluding carboxylic acids is 1. The molecule has 0 saturated carbocycles. The van der Waals surface area contributed by atoms with E-state index in [4.69, 9.17) is 4.42 Å². The summed E-state index contributed by atoms with van der Waals surface area (Å²) in [6.07, 6.45) is 0. The third-order valence-corrected chi connectivity index (χ3v) is 4.92. The Kier molecular flexibility index (Phi) is 4.26. The number of benzene rings is 1. The highest BCUT2D eigenvalue weighted by Gasteiger charge is 2.16. The van der Waals surface area contributed by atoms with E-state index < -0.39 is 0 Å². The second-order valence-corrected chi connectivity index (χ2v) is 6.63. The van der Waals surface area contributed by atoms with Crippen LogP contribution in [0.5, 0.6) is 0 Å². The van der Waals surface area contributed by atoms with Crippen molar-refractivity contribution in [2.45, 2.75) is 26.9 Å². The third kappa shape index (κ3) is 2.99. The predicted octanol–water partition coefficient (Wildman–Crippen LogP) is 3.41. The lowest BCUT2D eigenvalue weighted by Crippen LogP contribution is -2.23. The molecule has 7 nitrogen and oxygen atoms in total. The second-order valence-electron chi connectivity index (χ2n) is 5.77. The first-order valence-electron chi connectivity index (χ1n) is 8.27. The Morgan fingerprint density at radius 3 is 2.92 bits per heavy atom. The number of hydrogen-bond donors (Lipinski definition) is 1. The zero-order valence-electron chi connectivity index (χ0n) is 14.4. The van der Waals surface area contributed by atoms with Crippen LogP contribution in [0.25, 0.3) is 21.6 Å². The maximum absolute atomic E-state index is 12.3. The largest absolute Gasteiger partial charge is 0.424 e. The molecule has 0 aliphatic carbocycles. The normalized spacial score (nSPS) is 11.2. The van der Waals surface area contributed by atoms with Gasteiger partial charge in [0.05, 0.1) is 12.2 Å². The highest BCUT2D eigenvalue weighted by atomic mass is 32.1. The lowest BCUT2D eigenvalue weighted by Gasteiger charge is -2.05. The van der Waals surface area contributed by atoms with E-state index in [9.17, 15) is 4.79 Å². The van der Waals surface area contributed by atoms with Crippen molar-refractivity contribution in [1.29, 1.82) is 0 Å². The number of aryl methyl sites for hydroxylation is 2. The smallest absolute Gasteiger partial charge is 0.271 e. The molecule has 1 N–H and O–H groups in total. The molecule has 3 aromatic heterocycles. The molecule has 8 heteroatoms. The molecule has 1 amide bonds. The Bertz CT molecular complexity index is 1080. The van der Waals surface area contributed by atoms with Crippen molar-refractivity contribution in [3.63, 3.8) is 0 Å². The fourth-order valence-electron chi connectivity index (χ4n) is 2.88. The van der Waals surface area contributed by atoms with Gasteiger partial charge >= 0.3 is 0 Å². The van der Waals surface area contributed by atoms with Gasteiger partial charge in [-0.05, 0) is 19.1 Å². The molecule has 0 radical (unpaired) electrons. The summed E-state index contributed by atoms with van der Waals surface area (Å²) in [5.74, 6) is 0.581. The Labute approximate surface area is 153 Å². The minimum atomic E-state index is -0.262. The van der Waals surface area contributed by atoms with Gasteiger partial charge in [-0.1, -0.05) is 18.2 Å². The summed E-state index contributed by atoms with van der Waals surface area (Å²) in [6, 6.07) is 10.3. The SMILES string of the molecule is CCn1c(-c2nc(C(=O)NCc3nnc(C)o3)cs2)cc2ccccc21. The monoisotopic (exact) mass is 367 g/mol. The van der Waals surface area contributed by atoms with Gasteiger partial charge in [-0.2, -0.15) is 0 Å². The van der Waals surface area contributed by atoms with E-state index in [1.54, 1.807) is 12.3 Å². The number of amides is 1. The molecule has 4 aromatic rings. The van der Waals surface area contributed by atoms with Gasteiger partial charge in [-0.3, -0.25) is 4.79 Å². The first kappa shape index (κ1) is 16.5. The maximum Gasteiger partial charge on any atom is 0.271 e. The molecule has 3 heterocycles. The number of rotatable bonds is 5. The van der Waals surface area contributed by atoms with Crippen molar-refractivity contribution < 1.29 is 9.21 Å². The van der Waals surface area contributed by atoms with Gasteiger partial charge in [0.2, 0.25) is 11.8 Å². The molecule has 0 fully saturated rings. The highest BCUT2D eigenvalue weighted by Crippen LogP contribution is 2.30. The predicted molar refractivity (Wildman–Crippen MR) is 98.9 cm³/mol. The number of para-hydroxylation sites is 1. The van der Waals surface area contributed by atoms with Crippen LogP contribution in [0.3, 0.4) is 0 Å². The summed E-state index contributed by atoms with van der Waals surface area (Å²) < 4.78 is 7.46. The molecule has 0 bridgehead atoms. The Hall–Kier alpha value is -3.00. The number of nitrogens with one attached hydrogen (secondary N) is 1. The number of aromatic nitrogens is 4. The van der Waals surface area contributed by atoms with Gasteiger partial charge < -0.3 is 14.3 Å². The van der Waals surface area contributed by atoms with Crippen LogP contribution < -0.4 is 5.32 Å². The van der Waals surface area contributed by atoms with Crippen molar-refractivity contribution in [3.8, 4) is 10.7 Å². The number of hydrogen-bond acceptors (Lipinski definition) is 6. The molecular formula is C18H17N5O2S. The Morgan fingerprint density at radius 2 is 2.15 bits per heavy atom.